The highest BCUT2D eigenvalue weighted by Crippen LogP contribution is 2.41. The second kappa shape index (κ2) is 17.7. The zero-order valence-corrected chi connectivity index (χ0v) is 33.2. The van der Waals surface area contributed by atoms with E-state index in [4.69, 9.17) is 16.3 Å². The molecule has 1 aromatic heterocycles. The molecule has 0 spiro atoms. The van der Waals surface area contributed by atoms with Crippen LogP contribution in [0.2, 0.25) is 5.02 Å². The van der Waals surface area contributed by atoms with Crippen LogP contribution in [-0.2, 0) is 27.3 Å². The number of fused-ring (bicyclic) bond motifs is 1. The molecule has 1 unspecified atom stereocenters. The van der Waals surface area contributed by atoms with Crippen molar-refractivity contribution in [2.75, 3.05) is 17.2 Å². The van der Waals surface area contributed by atoms with Gasteiger partial charge in [-0.25, -0.2) is 4.79 Å². The lowest BCUT2D eigenvalue weighted by Gasteiger charge is -2.29. The molecule has 284 valence electrons. The summed E-state index contributed by atoms with van der Waals surface area (Å²) in [5.74, 6) is -1.39. The molecule has 0 saturated heterocycles. The third-order valence-electron chi connectivity index (χ3n) is 8.48. The van der Waals surface area contributed by atoms with E-state index in [1.807, 2.05) is 57.2 Å². The van der Waals surface area contributed by atoms with Gasteiger partial charge in [0.25, 0.3) is 11.8 Å². The number of halogens is 1. The van der Waals surface area contributed by atoms with Crippen LogP contribution in [0.1, 0.15) is 63.5 Å². The maximum atomic E-state index is 14.2. The quantitative estimate of drug-likeness (QED) is 0.0944. The molecule has 5 aromatic rings. The number of thioether (sulfide) groups is 1. The Morgan fingerprint density at radius 2 is 1.62 bits per heavy atom. The van der Waals surface area contributed by atoms with Gasteiger partial charge < -0.3 is 25.6 Å². The second-order valence-electron chi connectivity index (χ2n) is 13.8. The van der Waals surface area contributed by atoms with Crippen LogP contribution < -0.4 is 16.0 Å². The molecule has 13 heteroatoms. The lowest BCUT2D eigenvalue weighted by Crippen LogP contribution is -2.39. The fourth-order valence-electron chi connectivity index (χ4n) is 5.84. The van der Waals surface area contributed by atoms with Gasteiger partial charge in [-0.15, -0.1) is 23.1 Å². The summed E-state index contributed by atoms with van der Waals surface area (Å²) in [5, 5.41) is 18.9. The van der Waals surface area contributed by atoms with E-state index in [-0.39, 0.29) is 18.1 Å². The second-order valence-corrected chi connectivity index (χ2v) is 16.4. The van der Waals surface area contributed by atoms with Crippen LogP contribution in [0.3, 0.4) is 0 Å². The summed E-state index contributed by atoms with van der Waals surface area (Å²) in [4.78, 5) is 57.0. The van der Waals surface area contributed by atoms with E-state index in [1.165, 1.54) is 29.2 Å². The van der Waals surface area contributed by atoms with E-state index >= 15 is 0 Å². The summed E-state index contributed by atoms with van der Waals surface area (Å²) in [6.45, 7) is 6.11. The molecule has 0 radical (unpaired) electrons. The van der Waals surface area contributed by atoms with Gasteiger partial charge in [0.05, 0.1) is 12.1 Å². The van der Waals surface area contributed by atoms with Crippen molar-refractivity contribution in [1.29, 1.82) is 5.26 Å². The number of hydrogen-bond donors (Lipinski definition) is 3. The molecule has 0 saturated carbocycles. The summed E-state index contributed by atoms with van der Waals surface area (Å²) < 4.78 is 5.57. The van der Waals surface area contributed by atoms with E-state index in [9.17, 15) is 24.4 Å². The molecule has 2 heterocycles. The summed E-state index contributed by atoms with van der Waals surface area (Å²) in [5.41, 5.74) is 2.63. The Balaban J connectivity index is 1.22. The molecule has 4 aromatic carbocycles. The van der Waals surface area contributed by atoms with E-state index < -0.39 is 28.8 Å². The number of ether oxygens (including phenoxy) is 1. The zero-order valence-electron chi connectivity index (χ0n) is 30.8. The standard InChI is InChI=1S/C43H38ClN5O5S2/c1-43(2,3)54-42(53)49-22-21-32-33(25-45)41(56-36(32)26-49)48-40(52)37(27-13-6-4-7-14-27)55-31-19-12-18-30(24-31)46-39(51)35(23-29-17-10-11-20-34(29)44)47-38(50)28-15-8-5-9-16-28/h4-20,23-24,37H,21-22,26H2,1-3H3,(H,46,51)(H,47,50)(H,48,52)/b35-23+. The normalized spacial score (nSPS) is 13.1. The maximum absolute atomic E-state index is 14.2. The molecule has 0 aliphatic carbocycles. The fraction of sp³-hybridized carbons (Fsp3) is 0.186. The lowest BCUT2D eigenvalue weighted by atomic mass is 10.0. The van der Waals surface area contributed by atoms with Crippen molar-refractivity contribution < 1.29 is 23.9 Å². The number of amides is 4. The molecule has 4 amide bonds. The van der Waals surface area contributed by atoms with Crippen LogP contribution in [0.5, 0.6) is 0 Å². The Labute approximate surface area is 338 Å². The van der Waals surface area contributed by atoms with Crippen molar-refractivity contribution in [3.8, 4) is 6.07 Å². The molecule has 56 heavy (non-hydrogen) atoms. The van der Waals surface area contributed by atoms with Crippen LogP contribution in [0, 0.1) is 11.3 Å². The average molecular weight is 804 g/mol. The van der Waals surface area contributed by atoms with Crippen molar-refractivity contribution in [3.05, 3.63) is 153 Å². The van der Waals surface area contributed by atoms with E-state index in [2.05, 4.69) is 22.0 Å². The van der Waals surface area contributed by atoms with Crippen LogP contribution in [0.25, 0.3) is 6.08 Å². The zero-order chi connectivity index (χ0) is 39.8. The van der Waals surface area contributed by atoms with Gasteiger partial charge in [0.15, 0.2) is 0 Å². The van der Waals surface area contributed by atoms with Gasteiger partial charge >= 0.3 is 6.09 Å². The number of nitrogens with zero attached hydrogens (tertiary/aromatic N) is 2. The Kier molecular flexibility index (Phi) is 12.6. The molecule has 3 N–H and O–H groups in total. The first kappa shape index (κ1) is 39.8. The van der Waals surface area contributed by atoms with Crippen molar-refractivity contribution in [2.45, 2.75) is 49.5 Å². The van der Waals surface area contributed by atoms with Crippen LogP contribution in [-0.4, -0.2) is 40.9 Å². The number of anilines is 2. The first-order valence-corrected chi connectivity index (χ1v) is 19.7. The van der Waals surface area contributed by atoms with Gasteiger partial charge in [0, 0.05) is 32.6 Å². The monoisotopic (exact) mass is 803 g/mol. The van der Waals surface area contributed by atoms with Crippen molar-refractivity contribution in [2.24, 2.45) is 0 Å². The lowest BCUT2D eigenvalue weighted by molar-refractivity contribution is -0.116. The third kappa shape index (κ3) is 10.1. The van der Waals surface area contributed by atoms with Crippen LogP contribution in [0.4, 0.5) is 15.5 Å². The molecule has 0 fully saturated rings. The van der Waals surface area contributed by atoms with Gasteiger partial charge in [-0.3, -0.25) is 14.4 Å². The number of carbonyl (C=O) groups is 4. The SMILES string of the molecule is CC(C)(C)OC(=O)N1CCc2c(sc(NC(=O)C(Sc3cccc(NC(=O)/C(=C\c4ccccc4Cl)NC(=O)c4ccccc4)c3)c3ccccc3)c2C#N)C1. The topological polar surface area (TPSA) is 141 Å². The number of nitrogens with one attached hydrogen (secondary N) is 3. The number of carbonyl (C=O) groups excluding carboxylic acids is 4. The minimum absolute atomic E-state index is 0.0206. The van der Waals surface area contributed by atoms with Crippen LogP contribution in [0.15, 0.2) is 120 Å². The molecular weight excluding hydrogens is 766 g/mol. The largest absolute Gasteiger partial charge is 0.444 e. The van der Waals surface area contributed by atoms with Gasteiger partial charge in [-0.2, -0.15) is 5.26 Å². The van der Waals surface area contributed by atoms with Gasteiger partial charge in [0.1, 0.15) is 27.6 Å². The van der Waals surface area contributed by atoms with Crippen molar-refractivity contribution in [1.82, 2.24) is 10.2 Å². The number of hydrogen-bond acceptors (Lipinski definition) is 8. The van der Waals surface area contributed by atoms with Gasteiger partial charge in [0.2, 0.25) is 5.91 Å². The Hall–Kier alpha value is -5.87. The predicted octanol–water partition coefficient (Wildman–Crippen LogP) is 9.45. The minimum atomic E-state index is -0.744. The highest BCUT2D eigenvalue weighted by atomic mass is 35.5. The van der Waals surface area contributed by atoms with Crippen molar-refractivity contribution in [3.63, 3.8) is 0 Å². The summed E-state index contributed by atoms with van der Waals surface area (Å²) in [7, 11) is 0. The number of rotatable bonds is 10. The first-order valence-electron chi connectivity index (χ1n) is 17.7. The summed E-state index contributed by atoms with van der Waals surface area (Å²) >= 11 is 8.97. The average Bonchev–Trinajstić information content (AvgIpc) is 3.53. The number of thiophene rings is 1. The highest BCUT2D eigenvalue weighted by Gasteiger charge is 2.31. The molecule has 0 bridgehead atoms. The molecule has 1 atom stereocenters. The summed E-state index contributed by atoms with van der Waals surface area (Å²) in [6, 6.07) is 34.1. The highest BCUT2D eigenvalue weighted by molar-refractivity contribution is 8.00. The molecular formula is C43H38ClN5O5S2. The number of benzene rings is 4. The van der Waals surface area contributed by atoms with Crippen LogP contribution >= 0.6 is 34.7 Å². The third-order valence-corrected chi connectivity index (χ3v) is 11.2. The Bertz CT molecular complexity index is 2330. The maximum Gasteiger partial charge on any atom is 0.410 e. The molecule has 6 rings (SSSR count). The van der Waals surface area contributed by atoms with Gasteiger partial charge in [-0.1, -0.05) is 84.4 Å². The molecule has 1 aliphatic rings. The fourth-order valence-corrected chi connectivity index (χ4v) is 8.33. The van der Waals surface area contributed by atoms with E-state index in [0.29, 0.717) is 50.3 Å². The van der Waals surface area contributed by atoms with Crippen molar-refractivity contribution >= 4 is 75.3 Å². The minimum Gasteiger partial charge on any atom is -0.444 e. The first-order chi connectivity index (χ1) is 26.9. The Morgan fingerprint density at radius 3 is 2.32 bits per heavy atom. The predicted molar refractivity (Wildman–Crippen MR) is 221 cm³/mol. The van der Waals surface area contributed by atoms with E-state index in [1.54, 1.807) is 77.7 Å². The Morgan fingerprint density at radius 1 is 0.929 bits per heavy atom. The summed E-state index contributed by atoms with van der Waals surface area (Å²) in [6.07, 6.45) is 1.55. The van der Waals surface area contributed by atoms with Gasteiger partial charge in [-0.05, 0) is 86.4 Å². The smallest absolute Gasteiger partial charge is 0.410 e. The van der Waals surface area contributed by atoms with E-state index in [0.717, 1.165) is 16.0 Å². The molecule has 10 nitrogen and oxygen atoms in total. The molecule has 1 aliphatic heterocycles. The number of nitriles is 1.